The molecule has 0 aromatic carbocycles. The Morgan fingerprint density at radius 3 is 2.79 bits per heavy atom. The molecule has 0 radical (unpaired) electrons. The molecule has 0 bridgehead atoms. The van der Waals surface area contributed by atoms with E-state index in [0.717, 1.165) is 12.8 Å². The molecule has 0 heterocycles. The third-order valence-corrected chi connectivity index (χ3v) is 4.85. The van der Waals surface area contributed by atoms with Crippen LogP contribution >= 0.6 is 0 Å². The Morgan fingerprint density at radius 1 is 1.37 bits per heavy atom. The van der Waals surface area contributed by atoms with Crippen LogP contribution in [0, 0.1) is 22.7 Å². The minimum atomic E-state index is -0.273. The van der Waals surface area contributed by atoms with Gasteiger partial charge in [0.15, 0.2) is 0 Å². The number of Topliss-reactive ketones (excluding diaryl/α,β-unsaturated/α-hetero) is 1. The largest absolute Gasteiger partial charge is 0.298 e. The Hall–Kier alpha value is -0.930. The zero-order valence-corrected chi connectivity index (χ0v) is 12.3. The van der Waals surface area contributed by atoms with Gasteiger partial charge in [0.05, 0.1) is 13.7 Å². The van der Waals surface area contributed by atoms with Crippen molar-refractivity contribution in [1.82, 2.24) is 0 Å². The number of allylic oxidation sites excluding steroid dienone is 4. The maximum absolute atomic E-state index is 12.6. The number of ketones is 1. The van der Waals surface area contributed by atoms with E-state index >= 15 is 0 Å². The van der Waals surface area contributed by atoms with Crippen LogP contribution in [0.5, 0.6) is 0 Å². The lowest BCUT2D eigenvalue weighted by Crippen LogP contribution is -2.49. The smallest absolute Gasteiger partial charge is 0.146 e. The van der Waals surface area contributed by atoms with Crippen LogP contribution in [-0.4, -0.2) is 19.5 Å². The van der Waals surface area contributed by atoms with E-state index in [0.29, 0.717) is 12.4 Å². The molecule has 3 nitrogen and oxygen atoms in total. The van der Waals surface area contributed by atoms with Crippen molar-refractivity contribution in [2.75, 3.05) is 13.7 Å². The Labute approximate surface area is 115 Å². The minimum absolute atomic E-state index is 0.0345. The van der Waals surface area contributed by atoms with Crippen LogP contribution in [0.15, 0.2) is 24.3 Å². The van der Waals surface area contributed by atoms with Crippen molar-refractivity contribution < 1.29 is 14.6 Å². The van der Waals surface area contributed by atoms with Gasteiger partial charge in [0.2, 0.25) is 0 Å². The summed E-state index contributed by atoms with van der Waals surface area (Å²) in [4.78, 5) is 22.2. The summed E-state index contributed by atoms with van der Waals surface area (Å²) in [6, 6.07) is 0. The summed E-state index contributed by atoms with van der Waals surface area (Å²) in [6.45, 7) is 6.85. The highest BCUT2D eigenvalue weighted by Gasteiger charge is 2.51. The molecule has 0 saturated heterocycles. The average molecular weight is 264 g/mol. The Balaban J connectivity index is 2.27. The predicted octanol–water partition coefficient (Wildman–Crippen LogP) is 3.32. The van der Waals surface area contributed by atoms with Crippen LogP contribution in [0.2, 0.25) is 0 Å². The van der Waals surface area contributed by atoms with Crippen molar-refractivity contribution in [3.8, 4) is 0 Å². The number of carbonyl (C=O) groups excluding carboxylic acids is 1. The molecule has 0 saturated carbocycles. The molecule has 0 N–H and O–H groups in total. The SMILES string of the molecule is COOCC[C@]1(C)C=CC[C@]2(C)C(=O)C(C)C=CC12. The maximum atomic E-state index is 12.6. The van der Waals surface area contributed by atoms with Crippen molar-refractivity contribution in [2.45, 2.75) is 33.6 Å². The third-order valence-electron chi connectivity index (χ3n) is 4.85. The number of fused-ring (bicyclic) bond motifs is 1. The zero-order chi connectivity index (χ0) is 14.1. The van der Waals surface area contributed by atoms with Gasteiger partial charge in [-0.1, -0.05) is 45.1 Å². The molecule has 2 unspecified atom stereocenters. The molecule has 3 heteroatoms. The van der Waals surface area contributed by atoms with Gasteiger partial charge in [-0.25, -0.2) is 9.78 Å². The second kappa shape index (κ2) is 5.22. The molecule has 2 rings (SSSR count). The van der Waals surface area contributed by atoms with E-state index in [2.05, 4.69) is 43.0 Å². The van der Waals surface area contributed by atoms with Crippen molar-refractivity contribution in [2.24, 2.45) is 22.7 Å². The third kappa shape index (κ3) is 2.41. The Bertz CT molecular complexity index is 412. The van der Waals surface area contributed by atoms with Gasteiger partial charge >= 0.3 is 0 Å². The molecular weight excluding hydrogens is 240 g/mol. The highest BCUT2D eigenvalue weighted by Crippen LogP contribution is 2.53. The first kappa shape index (κ1) is 14.5. The fourth-order valence-electron chi connectivity index (χ4n) is 3.69. The molecule has 2 aliphatic carbocycles. The monoisotopic (exact) mass is 264 g/mol. The molecule has 0 aromatic heterocycles. The number of carbonyl (C=O) groups is 1. The lowest BCUT2D eigenvalue weighted by Gasteiger charge is -2.49. The maximum Gasteiger partial charge on any atom is 0.146 e. The molecule has 0 spiro atoms. The Kier molecular flexibility index (Phi) is 3.98. The van der Waals surface area contributed by atoms with Crippen molar-refractivity contribution >= 4 is 5.78 Å². The second-order valence-electron chi connectivity index (χ2n) is 6.28. The van der Waals surface area contributed by atoms with Gasteiger partial charge in [-0.2, -0.15) is 0 Å². The first-order valence-electron chi connectivity index (χ1n) is 7.00. The van der Waals surface area contributed by atoms with Crippen molar-refractivity contribution in [3.63, 3.8) is 0 Å². The molecule has 0 aliphatic heterocycles. The van der Waals surface area contributed by atoms with E-state index in [1.54, 1.807) is 0 Å². The minimum Gasteiger partial charge on any atom is -0.298 e. The summed E-state index contributed by atoms with van der Waals surface area (Å²) in [5, 5.41) is 0. The second-order valence-corrected chi connectivity index (χ2v) is 6.28. The van der Waals surface area contributed by atoms with Crippen molar-refractivity contribution in [3.05, 3.63) is 24.3 Å². The van der Waals surface area contributed by atoms with Crippen LogP contribution in [0.3, 0.4) is 0 Å². The van der Waals surface area contributed by atoms with Crippen LogP contribution in [0.4, 0.5) is 0 Å². The Morgan fingerprint density at radius 2 is 2.11 bits per heavy atom. The molecule has 106 valence electrons. The number of hydrogen-bond acceptors (Lipinski definition) is 3. The van der Waals surface area contributed by atoms with Gasteiger partial charge in [-0.15, -0.1) is 0 Å². The van der Waals surface area contributed by atoms with Gasteiger partial charge in [-0.3, -0.25) is 4.79 Å². The average Bonchev–Trinajstić information content (AvgIpc) is 2.36. The summed E-state index contributed by atoms with van der Waals surface area (Å²) in [6.07, 6.45) is 10.4. The topological polar surface area (TPSA) is 35.5 Å². The first-order chi connectivity index (χ1) is 8.94. The summed E-state index contributed by atoms with van der Waals surface area (Å²) in [5.74, 6) is 0.643. The lowest BCUT2D eigenvalue weighted by atomic mass is 9.53. The lowest BCUT2D eigenvalue weighted by molar-refractivity contribution is -0.276. The molecule has 19 heavy (non-hydrogen) atoms. The van der Waals surface area contributed by atoms with E-state index in [1.807, 2.05) is 6.92 Å². The van der Waals surface area contributed by atoms with Crippen LogP contribution in [0.25, 0.3) is 0 Å². The zero-order valence-electron chi connectivity index (χ0n) is 12.3. The standard InChI is InChI=1S/C16H24O3/c1-12-6-7-13-15(2,10-11-19-18-4)8-5-9-16(13,3)14(12)17/h5-8,12-13H,9-11H2,1-4H3/t12?,13?,15-,16-/m0/s1. The van der Waals surface area contributed by atoms with Gasteiger partial charge in [-0.05, 0) is 24.2 Å². The number of hydrogen-bond donors (Lipinski definition) is 0. The van der Waals surface area contributed by atoms with Gasteiger partial charge in [0, 0.05) is 11.3 Å². The molecule has 0 fully saturated rings. The highest BCUT2D eigenvalue weighted by molar-refractivity contribution is 5.90. The van der Waals surface area contributed by atoms with Gasteiger partial charge in [0.1, 0.15) is 5.78 Å². The molecule has 2 aliphatic rings. The van der Waals surface area contributed by atoms with Crippen LogP contribution < -0.4 is 0 Å². The summed E-state index contributed by atoms with van der Waals surface area (Å²) >= 11 is 0. The van der Waals surface area contributed by atoms with E-state index in [4.69, 9.17) is 4.89 Å². The fraction of sp³-hybridized carbons (Fsp3) is 0.688. The summed E-state index contributed by atoms with van der Waals surface area (Å²) in [5.41, 5.74) is -0.317. The van der Waals surface area contributed by atoms with E-state index in [-0.39, 0.29) is 22.7 Å². The quantitative estimate of drug-likeness (QED) is 0.338. The molecule has 0 aromatic rings. The number of rotatable bonds is 4. The summed E-state index contributed by atoms with van der Waals surface area (Å²) in [7, 11) is 1.52. The van der Waals surface area contributed by atoms with E-state index < -0.39 is 0 Å². The van der Waals surface area contributed by atoms with Crippen molar-refractivity contribution in [1.29, 1.82) is 0 Å². The van der Waals surface area contributed by atoms with E-state index in [1.165, 1.54) is 7.11 Å². The molecule has 4 atom stereocenters. The normalized spacial score (nSPS) is 41.4. The molecule has 0 amide bonds. The van der Waals surface area contributed by atoms with Gasteiger partial charge in [0.25, 0.3) is 0 Å². The highest BCUT2D eigenvalue weighted by atomic mass is 17.2. The van der Waals surface area contributed by atoms with Gasteiger partial charge < -0.3 is 0 Å². The fourth-order valence-corrected chi connectivity index (χ4v) is 3.69. The van der Waals surface area contributed by atoms with E-state index in [9.17, 15) is 4.79 Å². The van der Waals surface area contributed by atoms with Crippen LogP contribution in [0.1, 0.15) is 33.6 Å². The first-order valence-corrected chi connectivity index (χ1v) is 7.00. The predicted molar refractivity (Wildman–Crippen MR) is 74.4 cm³/mol. The molecular formula is C16H24O3. The van der Waals surface area contributed by atoms with Crippen LogP contribution in [-0.2, 0) is 14.6 Å². The summed E-state index contributed by atoms with van der Waals surface area (Å²) < 4.78 is 0.